The Morgan fingerprint density at radius 1 is 1.38 bits per heavy atom. The maximum Gasteiger partial charge on any atom is 0.120 e. The summed E-state index contributed by atoms with van der Waals surface area (Å²) in [7, 11) is 0. The summed E-state index contributed by atoms with van der Waals surface area (Å²) in [5, 5.41) is 13.6. The molecule has 0 amide bonds. The number of benzene rings is 1. The minimum atomic E-state index is -0.705. The van der Waals surface area contributed by atoms with Crippen molar-refractivity contribution in [2.75, 3.05) is 13.1 Å². The normalized spacial score (nSPS) is 29.3. The van der Waals surface area contributed by atoms with E-state index in [1.165, 1.54) is 0 Å². The van der Waals surface area contributed by atoms with Gasteiger partial charge in [-0.3, -0.25) is 0 Å². The van der Waals surface area contributed by atoms with Crippen LogP contribution in [0.2, 0.25) is 0 Å². The SMILES string of the molecule is OC1(c2cccc(OC3CC3)c2)CCNC1. The highest BCUT2D eigenvalue weighted by atomic mass is 16.5. The van der Waals surface area contributed by atoms with E-state index in [2.05, 4.69) is 5.32 Å². The number of hydrogen-bond acceptors (Lipinski definition) is 3. The van der Waals surface area contributed by atoms with E-state index >= 15 is 0 Å². The summed E-state index contributed by atoms with van der Waals surface area (Å²) >= 11 is 0. The molecule has 1 aliphatic carbocycles. The zero-order valence-electron chi connectivity index (χ0n) is 9.28. The van der Waals surface area contributed by atoms with Gasteiger partial charge in [0.05, 0.1) is 6.10 Å². The van der Waals surface area contributed by atoms with E-state index in [0.717, 1.165) is 37.1 Å². The van der Waals surface area contributed by atoms with Crippen molar-refractivity contribution in [3.8, 4) is 5.75 Å². The lowest BCUT2D eigenvalue weighted by Gasteiger charge is -2.22. The van der Waals surface area contributed by atoms with E-state index in [9.17, 15) is 5.11 Å². The summed E-state index contributed by atoms with van der Waals surface area (Å²) in [6, 6.07) is 7.88. The van der Waals surface area contributed by atoms with Crippen molar-refractivity contribution in [3.05, 3.63) is 29.8 Å². The maximum atomic E-state index is 10.4. The van der Waals surface area contributed by atoms with Gasteiger partial charge in [-0.1, -0.05) is 12.1 Å². The number of nitrogens with one attached hydrogen (secondary N) is 1. The van der Waals surface area contributed by atoms with Gasteiger partial charge in [0.1, 0.15) is 11.4 Å². The van der Waals surface area contributed by atoms with Gasteiger partial charge in [-0.2, -0.15) is 0 Å². The molecule has 3 rings (SSSR count). The zero-order chi connectivity index (χ0) is 11.0. The Morgan fingerprint density at radius 3 is 2.94 bits per heavy atom. The van der Waals surface area contributed by atoms with E-state index in [1.807, 2.05) is 24.3 Å². The Labute approximate surface area is 95.4 Å². The minimum Gasteiger partial charge on any atom is -0.490 e. The van der Waals surface area contributed by atoms with E-state index < -0.39 is 5.60 Å². The van der Waals surface area contributed by atoms with Crippen molar-refractivity contribution in [1.82, 2.24) is 5.32 Å². The number of aliphatic hydroxyl groups is 1. The van der Waals surface area contributed by atoms with E-state index in [4.69, 9.17) is 4.74 Å². The second-order valence-corrected chi connectivity index (χ2v) is 4.80. The van der Waals surface area contributed by atoms with Crippen LogP contribution in [-0.2, 0) is 5.60 Å². The molecule has 1 aliphatic heterocycles. The summed E-state index contributed by atoms with van der Waals surface area (Å²) in [6.45, 7) is 1.52. The van der Waals surface area contributed by atoms with Crippen LogP contribution in [0.1, 0.15) is 24.8 Å². The third kappa shape index (κ3) is 1.93. The summed E-state index contributed by atoms with van der Waals surface area (Å²) in [5.41, 5.74) is 0.263. The first kappa shape index (κ1) is 10.1. The van der Waals surface area contributed by atoms with Crippen molar-refractivity contribution < 1.29 is 9.84 Å². The van der Waals surface area contributed by atoms with Crippen molar-refractivity contribution in [3.63, 3.8) is 0 Å². The fraction of sp³-hybridized carbons (Fsp3) is 0.538. The Bertz CT molecular complexity index is 381. The predicted molar refractivity (Wildman–Crippen MR) is 61.5 cm³/mol. The van der Waals surface area contributed by atoms with Crippen LogP contribution in [0.15, 0.2) is 24.3 Å². The van der Waals surface area contributed by atoms with Crippen molar-refractivity contribution >= 4 is 0 Å². The lowest BCUT2D eigenvalue weighted by molar-refractivity contribution is 0.0584. The largest absolute Gasteiger partial charge is 0.490 e. The van der Waals surface area contributed by atoms with Crippen molar-refractivity contribution in [1.29, 1.82) is 0 Å². The summed E-state index contributed by atoms with van der Waals surface area (Å²) in [4.78, 5) is 0. The Balaban J connectivity index is 1.82. The minimum absolute atomic E-state index is 0.409. The van der Waals surface area contributed by atoms with Crippen LogP contribution in [0.4, 0.5) is 0 Å². The summed E-state index contributed by atoms with van der Waals surface area (Å²) in [5.74, 6) is 0.889. The monoisotopic (exact) mass is 219 g/mol. The average Bonchev–Trinajstić information content (AvgIpc) is 2.99. The van der Waals surface area contributed by atoms with Crippen LogP contribution < -0.4 is 10.1 Å². The van der Waals surface area contributed by atoms with E-state index in [1.54, 1.807) is 0 Å². The number of hydrogen-bond donors (Lipinski definition) is 2. The quantitative estimate of drug-likeness (QED) is 0.807. The molecule has 3 nitrogen and oxygen atoms in total. The Hall–Kier alpha value is -1.06. The van der Waals surface area contributed by atoms with Crippen LogP contribution in [0.3, 0.4) is 0 Å². The average molecular weight is 219 g/mol. The molecule has 3 heteroatoms. The molecule has 0 bridgehead atoms. The van der Waals surface area contributed by atoms with Crippen molar-refractivity contribution in [2.24, 2.45) is 0 Å². The Morgan fingerprint density at radius 2 is 2.25 bits per heavy atom. The van der Waals surface area contributed by atoms with E-state index in [0.29, 0.717) is 12.6 Å². The molecule has 1 aromatic carbocycles. The van der Waals surface area contributed by atoms with Crippen LogP contribution in [0.25, 0.3) is 0 Å². The first-order chi connectivity index (χ1) is 7.76. The molecule has 2 N–H and O–H groups in total. The number of ether oxygens (including phenoxy) is 1. The zero-order valence-corrected chi connectivity index (χ0v) is 9.28. The lowest BCUT2D eigenvalue weighted by Crippen LogP contribution is -2.28. The standard InChI is InChI=1S/C13H17NO2/c15-13(6-7-14-9-13)10-2-1-3-12(8-10)16-11-4-5-11/h1-3,8,11,14-15H,4-7,9H2. The van der Waals surface area contributed by atoms with Gasteiger partial charge >= 0.3 is 0 Å². The lowest BCUT2D eigenvalue weighted by atomic mass is 9.93. The molecule has 16 heavy (non-hydrogen) atoms. The third-order valence-electron chi connectivity index (χ3n) is 3.33. The molecular formula is C13H17NO2. The van der Waals surface area contributed by atoms with Gasteiger partial charge < -0.3 is 15.2 Å². The smallest absolute Gasteiger partial charge is 0.120 e. The number of β-amino-alcohol motifs (C(OH)–C–C–N with tert-alkyl or cyclic N) is 1. The number of rotatable bonds is 3. The molecule has 0 aromatic heterocycles. The highest BCUT2D eigenvalue weighted by Crippen LogP contribution is 2.32. The topological polar surface area (TPSA) is 41.5 Å². The van der Waals surface area contributed by atoms with Gasteiger partial charge in [0.25, 0.3) is 0 Å². The van der Waals surface area contributed by atoms with Gasteiger partial charge in [-0.05, 0) is 43.5 Å². The molecule has 1 saturated heterocycles. The summed E-state index contributed by atoms with van der Waals surface area (Å²) < 4.78 is 5.74. The van der Waals surface area contributed by atoms with Crippen LogP contribution in [0, 0.1) is 0 Å². The Kier molecular flexibility index (Phi) is 2.37. The third-order valence-corrected chi connectivity index (χ3v) is 3.33. The van der Waals surface area contributed by atoms with Crippen LogP contribution in [0.5, 0.6) is 5.75 Å². The molecule has 2 fully saturated rings. The fourth-order valence-electron chi connectivity index (χ4n) is 2.16. The molecule has 1 unspecified atom stereocenters. The molecule has 1 aromatic rings. The highest BCUT2D eigenvalue weighted by Gasteiger charge is 2.33. The molecule has 1 saturated carbocycles. The van der Waals surface area contributed by atoms with Crippen LogP contribution >= 0.6 is 0 Å². The first-order valence-electron chi connectivity index (χ1n) is 5.97. The van der Waals surface area contributed by atoms with Crippen LogP contribution in [-0.4, -0.2) is 24.3 Å². The second-order valence-electron chi connectivity index (χ2n) is 4.80. The molecule has 0 spiro atoms. The van der Waals surface area contributed by atoms with Gasteiger partial charge in [0, 0.05) is 6.54 Å². The molecule has 1 atom stereocenters. The first-order valence-corrected chi connectivity index (χ1v) is 5.97. The van der Waals surface area contributed by atoms with Gasteiger partial charge in [-0.15, -0.1) is 0 Å². The molecule has 2 aliphatic rings. The molecular weight excluding hydrogens is 202 g/mol. The van der Waals surface area contributed by atoms with Gasteiger partial charge in [-0.25, -0.2) is 0 Å². The molecule has 0 radical (unpaired) electrons. The second kappa shape index (κ2) is 3.75. The predicted octanol–water partition coefficient (Wildman–Crippen LogP) is 1.41. The highest BCUT2D eigenvalue weighted by molar-refractivity contribution is 5.33. The summed E-state index contributed by atoms with van der Waals surface area (Å²) in [6.07, 6.45) is 3.51. The maximum absolute atomic E-state index is 10.4. The fourth-order valence-corrected chi connectivity index (χ4v) is 2.16. The molecule has 86 valence electrons. The van der Waals surface area contributed by atoms with Crippen molar-refractivity contribution in [2.45, 2.75) is 31.0 Å². The van der Waals surface area contributed by atoms with E-state index in [-0.39, 0.29) is 0 Å². The van der Waals surface area contributed by atoms with Gasteiger partial charge in [0.2, 0.25) is 0 Å². The van der Waals surface area contributed by atoms with Gasteiger partial charge in [0.15, 0.2) is 0 Å². The molecule has 1 heterocycles.